The zero-order valence-corrected chi connectivity index (χ0v) is 11.6. The molecule has 2 aromatic rings. The van der Waals surface area contributed by atoms with E-state index < -0.39 is 5.51 Å². The summed E-state index contributed by atoms with van der Waals surface area (Å²) in [4.78, 5) is 5.30. The fourth-order valence-corrected chi connectivity index (χ4v) is 2.89. The number of benzene rings is 1. The molecule has 0 aliphatic heterocycles. The number of nitrogens with one attached hydrogen (secondary N) is 1. The number of hydrogen-bond donors (Lipinski definition) is 1. The van der Waals surface area contributed by atoms with E-state index in [-0.39, 0.29) is 16.7 Å². The molecule has 0 aliphatic rings. The molecule has 1 aromatic heterocycles. The maximum Gasteiger partial charge on any atom is 0.446 e. The third kappa shape index (κ3) is 4.14. The van der Waals surface area contributed by atoms with Crippen molar-refractivity contribution in [1.29, 1.82) is 0 Å². The van der Waals surface area contributed by atoms with Crippen LogP contribution in [-0.4, -0.2) is 17.0 Å². The molecule has 0 unspecified atom stereocenters. The van der Waals surface area contributed by atoms with Gasteiger partial charge in [0.2, 0.25) is 0 Å². The Bertz CT molecular complexity index is 535. The second kappa shape index (κ2) is 5.83. The Hall–Kier alpha value is -1.21. The number of nitrogens with zero attached hydrogens (tertiary/aromatic N) is 1. The molecule has 7 heteroatoms. The zero-order chi connectivity index (χ0) is 13.9. The van der Waals surface area contributed by atoms with Gasteiger partial charge in [-0.1, -0.05) is 23.5 Å². The van der Waals surface area contributed by atoms with Gasteiger partial charge in [-0.15, -0.1) is 0 Å². The van der Waals surface area contributed by atoms with Crippen LogP contribution in [0.3, 0.4) is 0 Å². The highest BCUT2D eigenvalue weighted by atomic mass is 32.2. The topological polar surface area (TPSA) is 24.9 Å². The van der Waals surface area contributed by atoms with Crippen molar-refractivity contribution in [3.05, 3.63) is 30.5 Å². The molecular weight excluding hydrogens is 293 g/mol. The molecule has 0 amide bonds. The molecule has 19 heavy (non-hydrogen) atoms. The molecule has 0 aliphatic carbocycles. The van der Waals surface area contributed by atoms with Crippen molar-refractivity contribution in [2.45, 2.75) is 17.3 Å². The van der Waals surface area contributed by atoms with Gasteiger partial charge in [0.15, 0.2) is 5.13 Å². The van der Waals surface area contributed by atoms with Gasteiger partial charge < -0.3 is 5.32 Å². The number of rotatable bonds is 4. The molecule has 0 saturated carbocycles. The largest absolute Gasteiger partial charge is 0.446 e. The van der Waals surface area contributed by atoms with Crippen molar-refractivity contribution in [2.75, 3.05) is 11.9 Å². The van der Waals surface area contributed by atoms with Crippen molar-refractivity contribution in [2.24, 2.45) is 0 Å². The van der Waals surface area contributed by atoms with Crippen molar-refractivity contribution < 1.29 is 13.2 Å². The van der Waals surface area contributed by atoms with Crippen LogP contribution < -0.4 is 5.32 Å². The molecule has 102 valence electrons. The average Bonchev–Trinajstić information content (AvgIpc) is 2.77. The van der Waals surface area contributed by atoms with Crippen molar-refractivity contribution in [3.8, 4) is 10.4 Å². The molecule has 1 N–H and O–H groups in total. The number of aromatic nitrogens is 1. The predicted molar refractivity (Wildman–Crippen MR) is 73.6 cm³/mol. The van der Waals surface area contributed by atoms with Crippen LogP contribution >= 0.6 is 23.1 Å². The third-order valence-electron chi connectivity index (χ3n) is 2.21. The number of alkyl halides is 3. The Morgan fingerprint density at radius 3 is 2.53 bits per heavy atom. The third-order valence-corrected chi connectivity index (χ3v) is 3.95. The second-order valence-electron chi connectivity index (χ2n) is 3.63. The lowest BCUT2D eigenvalue weighted by Gasteiger charge is -2.05. The van der Waals surface area contributed by atoms with E-state index in [0.717, 1.165) is 22.1 Å². The Kier molecular flexibility index (Phi) is 4.36. The molecule has 0 fully saturated rings. The summed E-state index contributed by atoms with van der Waals surface area (Å²) in [6, 6.07) is 6.30. The number of hydrogen-bond acceptors (Lipinski definition) is 4. The lowest BCUT2D eigenvalue weighted by atomic mass is 10.2. The summed E-state index contributed by atoms with van der Waals surface area (Å²) in [5.41, 5.74) is -3.38. The minimum atomic E-state index is -4.25. The van der Waals surface area contributed by atoms with Gasteiger partial charge in [0.1, 0.15) is 0 Å². The van der Waals surface area contributed by atoms with Crippen molar-refractivity contribution >= 4 is 28.2 Å². The standard InChI is InChI=1S/C12H11F3N2S2/c1-2-16-11-17-7-10(18-11)8-3-5-9(6-4-8)19-12(13,14)15/h3-7H,2H2,1H3,(H,16,17). The maximum absolute atomic E-state index is 12.2. The van der Waals surface area contributed by atoms with Crippen LogP contribution in [0.5, 0.6) is 0 Å². The summed E-state index contributed by atoms with van der Waals surface area (Å²) in [6.45, 7) is 2.76. The van der Waals surface area contributed by atoms with E-state index in [2.05, 4.69) is 10.3 Å². The van der Waals surface area contributed by atoms with E-state index in [1.54, 1.807) is 18.3 Å². The second-order valence-corrected chi connectivity index (χ2v) is 5.80. The van der Waals surface area contributed by atoms with E-state index in [4.69, 9.17) is 0 Å². The van der Waals surface area contributed by atoms with E-state index in [1.807, 2.05) is 6.92 Å². The van der Waals surface area contributed by atoms with Crippen LogP contribution in [0.15, 0.2) is 35.4 Å². The van der Waals surface area contributed by atoms with Crippen LogP contribution in [-0.2, 0) is 0 Å². The molecule has 0 radical (unpaired) electrons. The summed E-state index contributed by atoms with van der Waals surface area (Å²) >= 11 is 1.37. The lowest BCUT2D eigenvalue weighted by Crippen LogP contribution is -1.98. The van der Waals surface area contributed by atoms with Gasteiger partial charge in [-0.3, -0.25) is 0 Å². The highest BCUT2D eigenvalue weighted by Gasteiger charge is 2.29. The molecule has 2 nitrogen and oxygen atoms in total. The summed E-state index contributed by atoms with van der Waals surface area (Å²) in [7, 11) is 0. The zero-order valence-electron chi connectivity index (χ0n) is 9.99. The van der Waals surface area contributed by atoms with Crippen LogP contribution in [0, 0.1) is 0 Å². The molecule has 0 saturated heterocycles. The fraction of sp³-hybridized carbons (Fsp3) is 0.250. The SMILES string of the molecule is CCNc1ncc(-c2ccc(SC(F)(F)F)cc2)s1. The van der Waals surface area contributed by atoms with Gasteiger partial charge in [0, 0.05) is 17.6 Å². The molecule has 2 rings (SSSR count). The summed E-state index contributed by atoms with van der Waals surface area (Å²) in [6.07, 6.45) is 1.72. The number of halogens is 3. The fourth-order valence-electron chi connectivity index (χ4n) is 1.46. The minimum absolute atomic E-state index is 0.107. The van der Waals surface area contributed by atoms with Crippen LogP contribution in [0.2, 0.25) is 0 Å². The maximum atomic E-state index is 12.2. The first-order valence-corrected chi connectivity index (χ1v) is 7.17. The molecule has 0 bridgehead atoms. The molecule has 1 aromatic carbocycles. The smallest absolute Gasteiger partial charge is 0.362 e. The Labute approximate surface area is 117 Å². The Balaban J connectivity index is 2.13. The van der Waals surface area contributed by atoms with Gasteiger partial charge in [0.25, 0.3) is 0 Å². The lowest BCUT2D eigenvalue weighted by molar-refractivity contribution is -0.0328. The molecule has 0 atom stereocenters. The van der Waals surface area contributed by atoms with Crippen molar-refractivity contribution in [3.63, 3.8) is 0 Å². The molecular formula is C12H11F3N2S2. The van der Waals surface area contributed by atoms with E-state index >= 15 is 0 Å². The van der Waals surface area contributed by atoms with Gasteiger partial charge in [-0.2, -0.15) is 13.2 Å². The normalized spacial score (nSPS) is 11.6. The summed E-state index contributed by atoms with van der Waals surface area (Å²) in [5.74, 6) is 0. The number of thioether (sulfide) groups is 1. The highest BCUT2D eigenvalue weighted by Crippen LogP contribution is 2.38. The average molecular weight is 304 g/mol. The Morgan fingerprint density at radius 2 is 1.95 bits per heavy atom. The van der Waals surface area contributed by atoms with Gasteiger partial charge in [0.05, 0.1) is 4.88 Å². The van der Waals surface area contributed by atoms with Gasteiger partial charge in [-0.25, -0.2) is 4.98 Å². The quantitative estimate of drug-likeness (QED) is 0.817. The van der Waals surface area contributed by atoms with Gasteiger partial charge >= 0.3 is 5.51 Å². The monoisotopic (exact) mass is 304 g/mol. The number of thiazole rings is 1. The van der Waals surface area contributed by atoms with Crippen LogP contribution in [0.4, 0.5) is 18.3 Å². The first-order chi connectivity index (χ1) is 8.98. The molecule has 0 spiro atoms. The minimum Gasteiger partial charge on any atom is -0.362 e. The van der Waals surface area contributed by atoms with Crippen LogP contribution in [0.1, 0.15) is 6.92 Å². The van der Waals surface area contributed by atoms with Crippen LogP contribution in [0.25, 0.3) is 10.4 Å². The van der Waals surface area contributed by atoms with E-state index in [1.165, 1.54) is 23.5 Å². The van der Waals surface area contributed by atoms with Gasteiger partial charge in [-0.05, 0) is 36.4 Å². The predicted octanol–water partition coefficient (Wildman–Crippen LogP) is 4.85. The van der Waals surface area contributed by atoms with E-state index in [9.17, 15) is 13.2 Å². The number of anilines is 1. The first kappa shape index (κ1) is 14.2. The molecule has 1 heterocycles. The summed E-state index contributed by atoms with van der Waals surface area (Å²) in [5, 5.41) is 3.91. The first-order valence-electron chi connectivity index (χ1n) is 5.54. The van der Waals surface area contributed by atoms with E-state index in [0.29, 0.717) is 0 Å². The Morgan fingerprint density at radius 1 is 1.26 bits per heavy atom. The highest BCUT2D eigenvalue weighted by molar-refractivity contribution is 8.00. The van der Waals surface area contributed by atoms with Crippen molar-refractivity contribution in [1.82, 2.24) is 4.98 Å². The summed E-state index contributed by atoms with van der Waals surface area (Å²) < 4.78 is 36.6.